The number of nitrogens with zero attached hydrogens (tertiary/aromatic N) is 2. The Hall–Kier alpha value is -3.19. The molecule has 2 N–H and O–H groups in total. The first-order chi connectivity index (χ1) is 18.0. The molecule has 0 saturated carbocycles. The van der Waals surface area contributed by atoms with Crippen molar-refractivity contribution in [2.24, 2.45) is 0 Å². The Morgan fingerprint density at radius 1 is 0.711 bits per heavy atom. The van der Waals surface area contributed by atoms with Gasteiger partial charge in [0.25, 0.3) is 0 Å². The van der Waals surface area contributed by atoms with Crippen molar-refractivity contribution >= 4 is 42.8 Å². The van der Waals surface area contributed by atoms with Crippen LogP contribution >= 0.6 is 22.7 Å². The smallest absolute Gasteiger partial charge is 0.0877 e. The predicted molar refractivity (Wildman–Crippen MR) is 158 cm³/mol. The van der Waals surface area contributed by atoms with E-state index in [2.05, 4.69) is 70.6 Å². The number of fused-ring (bicyclic) bond motifs is 2. The second-order valence-electron chi connectivity index (χ2n) is 8.28. The van der Waals surface area contributed by atoms with Gasteiger partial charge in [-0.15, -0.1) is 22.7 Å². The van der Waals surface area contributed by atoms with E-state index in [-0.39, 0.29) is 25.9 Å². The molecule has 0 aliphatic rings. The topological polar surface area (TPSA) is 66.2 Å². The number of hydrogen-bond acceptors (Lipinski definition) is 6. The SMILES string of the molecule is C/C(O)=C/C(C)O.[Ir].c1ccc(-c2cc3ccccc3s2)nc1.c1ccc(-c2cc3ccccc3s2)nc1. The van der Waals surface area contributed by atoms with Crippen LogP contribution in [-0.4, -0.2) is 26.3 Å². The van der Waals surface area contributed by atoms with Gasteiger partial charge >= 0.3 is 0 Å². The number of thiophene rings is 2. The van der Waals surface area contributed by atoms with Crippen molar-refractivity contribution in [2.75, 3.05) is 0 Å². The molecule has 4 nitrogen and oxygen atoms in total. The number of rotatable bonds is 3. The molecule has 0 fully saturated rings. The average Bonchev–Trinajstić information content (AvgIpc) is 3.54. The minimum atomic E-state index is -0.537. The molecule has 1 atom stereocenters. The van der Waals surface area contributed by atoms with Crippen LogP contribution in [0, 0.1) is 0 Å². The summed E-state index contributed by atoms with van der Waals surface area (Å²) in [6, 6.07) is 33.2. The van der Waals surface area contributed by atoms with Crippen LogP contribution in [0.3, 0.4) is 0 Å². The van der Waals surface area contributed by atoms with Gasteiger partial charge in [0, 0.05) is 41.9 Å². The first-order valence-electron chi connectivity index (χ1n) is 11.8. The Morgan fingerprint density at radius 3 is 1.45 bits per heavy atom. The van der Waals surface area contributed by atoms with Crippen molar-refractivity contribution in [1.29, 1.82) is 0 Å². The second-order valence-corrected chi connectivity index (χ2v) is 10.4. The van der Waals surface area contributed by atoms with Gasteiger partial charge in [-0.05, 0) is 79.2 Å². The van der Waals surface area contributed by atoms with Crippen LogP contribution in [0.5, 0.6) is 0 Å². The molecule has 0 saturated heterocycles. The van der Waals surface area contributed by atoms with Crippen LogP contribution in [0.2, 0.25) is 0 Å². The van der Waals surface area contributed by atoms with Crippen molar-refractivity contribution < 1.29 is 30.3 Å². The van der Waals surface area contributed by atoms with E-state index in [9.17, 15) is 0 Å². The molecule has 4 heterocycles. The van der Waals surface area contributed by atoms with Crippen LogP contribution in [-0.2, 0) is 20.1 Å². The molecule has 1 radical (unpaired) electrons. The quantitative estimate of drug-likeness (QED) is 0.180. The van der Waals surface area contributed by atoms with Crippen molar-refractivity contribution in [1.82, 2.24) is 9.97 Å². The summed E-state index contributed by atoms with van der Waals surface area (Å²) in [5.74, 6) is 0.162. The summed E-state index contributed by atoms with van der Waals surface area (Å²) in [7, 11) is 0. The van der Waals surface area contributed by atoms with E-state index in [1.807, 2.05) is 48.8 Å². The van der Waals surface area contributed by atoms with Crippen molar-refractivity contribution in [3.05, 3.63) is 121 Å². The van der Waals surface area contributed by atoms with Crippen molar-refractivity contribution in [2.45, 2.75) is 20.0 Å². The van der Waals surface area contributed by atoms with Crippen LogP contribution in [0.25, 0.3) is 41.3 Å². The fourth-order valence-corrected chi connectivity index (χ4v) is 5.66. The zero-order chi connectivity index (χ0) is 26.0. The summed E-state index contributed by atoms with van der Waals surface area (Å²) in [5, 5.41) is 19.5. The van der Waals surface area contributed by atoms with Gasteiger partial charge in [0.1, 0.15) is 0 Å². The van der Waals surface area contributed by atoms with Gasteiger partial charge in [0.2, 0.25) is 0 Å². The van der Waals surface area contributed by atoms with E-state index in [4.69, 9.17) is 10.2 Å². The maximum absolute atomic E-state index is 8.49. The zero-order valence-electron chi connectivity index (χ0n) is 21.0. The first-order valence-corrected chi connectivity index (χ1v) is 13.5. The summed E-state index contributed by atoms with van der Waals surface area (Å²) in [6.45, 7) is 3.10. The molecule has 195 valence electrons. The predicted octanol–water partition coefficient (Wildman–Crippen LogP) is 8.75. The molecule has 0 aliphatic carbocycles. The molecule has 4 aromatic heterocycles. The Morgan fingerprint density at radius 2 is 1.13 bits per heavy atom. The number of benzene rings is 2. The number of pyridine rings is 2. The maximum Gasteiger partial charge on any atom is 0.0877 e. The first kappa shape index (κ1) is 29.4. The number of aliphatic hydroxyl groups excluding tert-OH is 2. The third kappa shape index (κ3) is 8.42. The Kier molecular flexibility index (Phi) is 11.3. The van der Waals surface area contributed by atoms with Crippen molar-refractivity contribution in [3.8, 4) is 21.1 Å². The van der Waals surface area contributed by atoms with E-state index < -0.39 is 6.10 Å². The molecule has 6 aromatic rings. The fourth-order valence-electron chi connectivity index (χ4n) is 3.58. The number of hydrogen-bond donors (Lipinski definition) is 2. The van der Waals surface area contributed by atoms with Gasteiger partial charge in [-0.3, -0.25) is 9.97 Å². The molecule has 2 aromatic carbocycles. The average molecular weight is 717 g/mol. The van der Waals surface area contributed by atoms with Crippen LogP contribution in [0.4, 0.5) is 0 Å². The Labute approximate surface area is 244 Å². The molecule has 1 unspecified atom stereocenters. The van der Waals surface area contributed by atoms with Gasteiger partial charge in [-0.25, -0.2) is 0 Å². The minimum absolute atomic E-state index is 0. The van der Waals surface area contributed by atoms with Crippen LogP contribution in [0.15, 0.2) is 121 Å². The van der Waals surface area contributed by atoms with Gasteiger partial charge in [0.05, 0.1) is 33.0 Å². The monoisotopic (exact) mass is 717 g/mol. The van der Waals surface area contributed by atoms with E-state index in [0.717, 1.165) is 11.4 Å². The van der Waals surface area contributed by atoms with Crippen LogP contribution < -0.4 is 0 Å². The summed E-state index contributed by atoms with van der Waals surface area (Å²) in [6.07, 6.45) is 4.49. The van der Waals surface area contributed by atoms with Gasteiger partial charge < -0.3 is 10.2 Å². The number of aliphatic hydroxyl groups is 2. The third-order valence-corrected chi connectivity index (χ3v) is 7.45. The minimum Gasteiger partial charge on any atom is -0.513 e. The van der Waals surface area contributed by atoms with E-state index in [1.54, 1.807) is 29.6 Å². The molecule has 0 bridgehead atoms. The van der Waals surface area contributed by atoms with Gasteiger partial charge in [0.15, 0.2) is 0 Å². The summed E-state index contributed by atoms with van der Waals surface area (Å²) in [5.41, 5.74) is 2.11. The largest absolute Gasteiger partial charge is 0.513 e. The zero-order valence-corrected chi connectivity index (χ0v) is 25.0. The summed E-state index contributed by atoms with van der Waals surface area (Å²) >= 11 is 3.58. The standard InChI is InChI=1S/2C13H9NS.C5H10O2.Ir/c2*1-2-7-12-10(5-1)9-13(15-12)11-6-3-4-8-14-11;1-4(6)3-5(2)7;/h2*1-9H;3-4,6-7H,1-2H3;/b;;5-3-;. The second kappa shape index (κ2) is 14.7. The summed E-state index contributed by atoms with van der Waals surface area (Å²) in [4.78, 5) is 11.2. The molecule has 0 aliphatic heterocycles. The van der Waals surface area contributed by atoms with E-state index in [0.29, 0.717) is 0 Å². The maximum atomic E-state index is 8.49. The summed E-state index contributed by atoms with van der Waals surface area (Å²) < 4.78 is 2.64. The molecule has 7 heteroatoms. The van der Waals surface area contributed by atoms with Gasteiger partial charge in [-0.2, -0.15) is 0 Å². The van der Waals surface area contributed by atoms with Crippen LogP contribution in [0.1, 0.15) is 13.8 Å². The Balaban J connectivity index is 0.000000167. The normalized spacial score (nSPS) is 11.5. The third-order valence-electron chi connectivity index (χ3n) is 5.17. The number of aromatic nitrogens is 2. The molecular formula is C31H28IrN2O2S2. The number of allylic oxidation sites excluding steroid dienone is 1. The molecule has 6 rings (SSSR count). The molecule has 0 amide bonds. The molecule has 38 heavy (non-hydrogen) atoms. The van der Waals surface area contributed by atoms with Crippen molar-refractivity contribution in [3.63, 3.8) is 0 Å². The molecule has 0 spiro atoms. The molecular weight excluding hydrogens is 689 g/mol. The Bertz CT molecular complexity index is 1400. The fraction of sp³-hybridized carbons (Fsp3) is 0.0968. The van der Waals surface area contributed by atoms with Gasteiger partial charge in [-0.1, -0.05) is 48.5 Å². The van der Waals surface area contributed by atoms with E-state index in [1.165, 1.54) is 42.9 Å². The van der Waals surface area contributed by atoms with E-state index >= 15 is 0 Å².